The van der Waals surface area contributed by atoms with Crippen LogP contribution >= 0.6 is 11.8 Å². The van der Waals surface area contributed by atoms with Crippen molar-refractivity contribution in [1.82, 2.24) is 10.2 Å². The molecule has 0 rings (SSSR count). The van der Waals surface area contributed by atoms with Gasteiger partial charge >= 0.3 is 0 Å². The molecule has 0 aliphatic carbocycles. The minimum absolute atomic E-state index is 0.0172. The van der Waals surface area contributed by atoms with Gasteiger partial charge in [-0.1, -0.05) is 0 Å². The molecule has 0 heterocycles. The van der Waals surface area contributed by atoms with Crippen molar-refractivity contribution in [2.24, 2.45) is 0 Å². The van der Waals surface area contributed by atoms with E-state index in [0.29, 0.717) is 6.54 Å². The molecule has 5 heteroatoms. The molecule has 0 bridgehead atoms. The van der Waals surface area contributed by atoms with Gasteiger partial charge in [-0.05, 0) is 20.1 Å². The molecule has 0 spiro atoms. The van der Waals surface area contributed by atoms with Crippen molar-refractivity contribution < 1.29 is 9.59 Å². The predicted octanol–water partition coefficient (Wildman–Crippen LogP) is 0.332. The summed E-state index contributed by atoms with van der Waals surface area (Å²) in [5.41, 5.74) is 0. The maximum absolute atomic E-state index is 11.7. The van der Waals surface area contributed by atoms with E-state index in [2.05, 4.69) is 5.32 Å². The van der Waals surface area contributed by atoms with E-state index in [0.717, 1.165) is 0 Å². The Morgan fingerprint density at radius 2 is 2.07 bits per heavy atom. The quantitative estimate of drug-likeness (QED) is 0.723. The monoisotopic (exact) mass is 218 g/mol. The van der Waals surface area contributed by atoms with Crippen LogP contribution < -0.4 is 5.32 Å². The van der Waals surface area contributed by atoms with E-state index in [1.54, 1.807) is 11.9 Å². The molecular formula is C9H18N2O2S. The Morgan fingerprint density at radius 3 is 2.43 bits per heavy atom. The molecule has 14 heavy (non-hydrogen) atoms. The molecule has 0 aliphatic rings. The van der Waals surface area contributed by atoms with Gasteiger partial charge in [0.1, 0.15) is 0 Å². The lowest BCUT2D eigenvalue weighted by Gasteiger charge is -2.22. The molecule has 0 aliphatic heterocycles. The number of hydrogen-bond donors (Lipinski definition) is 1. The van der Waals surface area contributed by atoms with E-state index in [9.17, 15) is 9.59 Å². The Bertz CT molecular complexity index is 209. The molecule has 82 valence electrons. The van der Waals surface area contributed by atoms with E-state index in [1.165, 1.54) is 11.8 Å². The third-order valence-corrected chi connectivity index (χ3v) is 2.92. The van der Waals surface area contributed by atoms with Crippen LogP contribution in [0.2, 0.25) is 0 Å². The fourth-order valence-corrected chi connectivity index (χ4v) is 1.31. The largest absolute Gasteiger partial charge is 0.358 e. The van der Waals surface area contributed by atoms with Gasteiger partial charge in [0, 0.05) is 13.6 Å². The first-order valence-electron chi connectivity index (χ1n) is 4.58. The zero-order chi connectivity index (χ0) is 11.1. The molecule has 0 saturated heterocycles. The van der Waals surface area contributed by atoms with E-state index in [1.807, 2.05) is 20.1 Å². The lowest BCUT2D eigenvalue weighted by molar-refractivity contribution is -0.135. The summed E-state index contributed by atoms with van der Waals surface area (Å²) in [6, 6.07) is 0. The predicted molar refractivity (Wildman–Crippen MR) is 59.3 cm³/mol. The number of carbonyl (C=O) groups excluding carboxylic acids is 2. The first kappa shape index (κ1) is 13.3. The Balaban J connectivity index is 4.26. The van der Waals surface area contributed by atoms with Crippen molar-refractivity contribution in [3.05, 3.63) is 0 Å². The highest BCUT2D eigenvalue weighted by molar-refractivity contribution is 7.99. The van der Waals surface area contributed by atoms with Crippen LogP contribution in [0.4, 0.5) is 0 Å². The zero-order valence-electron chi connectivity index (χ0n) is 9.16. The van der Waals surface area contributed by atoms with Crippen LogP contribution in [0.15, 0.2) is 0 Å². The van der Waals surface area contributed by atoms with Crippen molar-refractivity contribution in [2.45, 2.75) is 19.1 Å². The number of thioether (sulfide) groups is 1. The van der Waals surface area contributed by atoms with E-state index < -0.39 is 0 Å². The molecule has 1 N–H and O–H groups in total. The van der Waals surface area contributed by atoms with Crippen LogP contribution in [0.1, 0.15) is 13.8 Å². The zero-order valence-corrected chi connectivity index (χ0v) is 9.98. The first-order valence-corrected chi connectivity index (χ1v) is 5.87. The third-order valence-electron chi connectivity index (χ3n) is 2.01. The van der Waals surface area contributed by atoms with Gasteiger partial charge in [-0.25, -0.2) is 0 Å². The standard InChI is InChI=1S/C9H18N2O2S/c1-5-11(6-8(12)10-3)9(13)7(2)14-4/h7H,5-6H2,1-4H3,(H,10,12)/t7-/m0/s1. The molecule has 0 aromatic carbocycles. The van der Waals surface area contributed by atoms with Gasteiger partial charge in [-0.3, -0.25) is 9.59 Å². The SMILES string of the molecule is CCN(CC(=O)NC)C(=O)[C@H](C)SC. The fourth-order valence-electron chi connectivity index (χ4n) is 0.956. The Hall–Kier alpha value is -0.710. The summed E-state index contributed by atoms with van der Waals surface area (Å²) in [4.78, 5) is 24.3. The number of hydrogen-bond acceptors (Lipinski definition) is 3. The van der Waals surface area contributed by atoms with Gasteiger partial charge in [0.2, 0.25) is 11.8 Å². The highest BCUT2D eigenvalue weighted by Gasteiger charge is 2.19. The highest BCUT2D eigenvalue weighted by Crippen LogP contribution is 2.08. The summed E-state index contributed by atoms with van der Waals surface area (Å²) in [6.07, 6.45) is 1.89. The molecule has 1 atom stereocenters. The van der Waals surface area contributed by atoms with Crippen LogP contribution in [0, 0.1) is 0 Å². The van der Waals surface area contributed by atoms with Gasteiger partial charge in [0.25, 0.3) is 0 Å². The molecule has 0 aromatic heterocycles. The normalized spacial score (nSPS) is 12.0. The number of rotatable bonds is 5. The average molecular weight is 218 g/mol. The molecular weight excluding hydrogens is 200 g/mol. The van der Waals surface area contributed by atoms with Crippen LogP contribution in [0.25, 0.3) is 0 Å². The van der Waals surface area contributed by atoms with Crippen molar-refractivity contribution in [3.63, 3.8) is 0 Å². The highest BCUT2D eigenvalue weighted by atomic mass is 32.2. The second kappa shape index (κ2) is 6.70. The number of nitrogens with one attached hydrogen (secondary N) is 1. The van der Waals surface area contributed by atoms with Gasteiger partial charge in [-0.15, -0.1) is 0 Å². The van der Waals surface area contributed by atoms with Crippen molar-refractivity contribution in [2.75, 3.05) is 26.4 Å². The van der Waals surface area contributed by atoms with Crippen molar-refractivity contribution >= 4 is 23.6 Å². The lowest BCUT2D eigenvalue weighted by atomic mass is 10.3. The van der Waals surface area contributed by atoms with Gasteiger partial charge in [-0.2, -0.15) is 11.8 Å². The van der Waals surface area contributed by atoms with Crippen LogP contribution in [0.3, 0.4) is 0 Å². The smallest absolute Gasteiger partial charge is 0.239 e. The van der Waals surface area contributed by atoms with Crippen molar-refractivity contribution in [3.8, 4) is 0 Å². The van der Waals surface area contributed by atoms with E-state index in [4.69, 9.17) is 0 Å². The maximum Gasteiger partial charge on any atom is 0.239 e. The van der Waals surface area contributed by atoms with Gasteiger partial charge < -0.3 is 10.2 Å². The van der Waals surface area contributed by atoms with Crippen LogP contribution in [0.5, 0.6) is 0 Å². The molecule has 0 fully saturated rings. The minimum atomic E-state index is -0.131. The Labute approximate surface area is 89.4 Å². The Morgan fingerprint density at radius 1 is 1.50 bits per heavy atom. The van der Waals surface area contributed by atoms with E-state index in [-0.39, 0.29) is 23.6 Å². The number of nitrogens with zero attached hydrogens (tertiary/aromatic N) is 1. The molecule has 0 unspecified atom stereocenters. The summed E-state index contributed by atoms with van der Waals surface area (Å²) in [6.45, 7) is 4.43. The minimum Gasteiger partial charge on any atom is -0.358 e. The number of amides is 2. The summed E-state index contributed by atoms with van der Waals surface area (Å²) >= 11 is 1.49. The third kappa shape index (κ3) is 4.00. The molecule has 4 nitrogen and oxygen atoms in total. The van der Waals surface area contributed by atoms with E-state index >= 15 is 0 Å². The molecule has 0 radical (unpaired) electrons. The second-order valence-electron chi connectivity index (χ2n) is 2.90. The second-order valence-corrected chi connectivity index (χ2v) is 4.08. The van der Waals surface area contributed by atoms with Gasteiger partial charge in [0.15, 0.2) is 0 Å². The fraction of sp³-hybridized carbons (Fsp3) is 0.778. The maximum atomic E-state index is 11.7. The molecule has 0 aromatic rings. The summed E-state index contributed by atoms with van der Waals surface area (Å²) in [5.74, 6) is -0.114. The van der Waals surface area contributed by atoms with Crippen LogP contribution in [-0.4, -0.2) is 48.4 Å². The summed E-state index contributed by atoms with van der Waals surface area (Å²) < 4.78 is 0. The Kier molecular flexibility index (Phi) is 6.36. The number of likely N-dealkylation sites (N-methyl/N-ethyl adjacent to an activating group) is 2. The average Bonchev–Trinajstić information content (AvgIpc) is 2.23. The van der Waals surface area contributed by atoms with Gasteiger partial charge in [0.05, 0.1) is 11.8 Å². The first-order chi connectivity index (χ1) is 6.56. The lowest BCUT2D eigenvalue weighted by Crippen LogP contribution is -2.42. The number of carbonyl (C=O) groups is 2. The summed E-state index contributed by atoms with van der Waals surface area (Å²) in [5, 5.41) is 2.42. The molecule has 2 amide bonds. The topological polar surface area (TPSA) is 49.4 Å². The van der Waals surface area contributed by atoms with Crippen molar-refractivity contribution in [1.29, 1.82) is 0 Å². The molecule has 0 saturated carbocycles. The van der Waals surface area contributed by atoms with Crippen LogP contribution in [-0.2, 0) is 9.59 Å². The summed E-state index contributed by atoms with van der Waals surface area (Å²) in [7, 11) is 1.57.